The van der Waals surface area contributed by atoms with Gasteiger partial charge in [0.25, 0.3) is 0 Å². The van der Waals surface area contributed by atoms with Gasteiger partial charge in [0.1, 0.15) is 0 Å². The molecule has 3 atom stereocenters. The van der Waals surface area contributed by atoms with Gasteiger partial charge in [-0.2, -0.15) is 0 Å². The van der Waals surface area contributed by atoms with Crippen LogP contribution in [-0.2, 0) is 0 Å². The van der Waals surface area contributed by atoms with Crippen molar-refractivity contribution < 1.29 is 0 Å². The normalized spacial score (nSPS) is 25.1. The van der Waals surface area contributed by atoms with E-state index < -0.39 is 0 Å². The topological polar surface area (TPSA) is 26.0 Å². The van der Waals surface area contributed by atoms with E-state index in [0.29, 0.717) is 11.5 Å². The van der Waals surface area contributed by atoms with Gasteiger partial charge >= 0.3 is 0 Å². The van der Waals surface area contributed by atoms with Gasteiger partial charge in [-0.25, -0.2) is 0 Å². The molecule has 0 spiro atoms. The molecule has 1 aliphatic carbocycles. The van der Waals surface area contributed by atoms with Crippen molar-refractivity contribution >= 4 is 0 Å². The quantitative estimate of drug-likeness (QED) is 0.411. The van der Waals surface area contributed by atoms with Crippen molar-refractivity contribution in [2.75, 3.05) is 0 Å². The Hall–Kier alpha value is -0.0400. The van der Waals surface area contributed by atoms with E-state index >= 15 is 0 Å². The molecule has 0 aromatic heterocycles. The molecule has 0 radical (unpaired) electrons. The first-order valence-electron chi connectivity index (χ1n) is 9.88. The van der Waals surface area contributed by atoms with E-state index in [1.807, 2.05) is 0 Å². The van der Waals surface area contributed by atoms with Gasteiger partial charge in [0, 0.05) is 6.04 Å². The zero-order valence-corrected chi connectivity index (χ0v) is 15.1. The summed E-state index contributed by atoms with van der Waals surface area (Å²) >= 11 is 0. The first-order valence-corrected chi connectivity index (χ1v) is 9.88. The van der Waals surface area contributed by atoms with Gasteiger partial charge in [0.05, 0.1) is 0 Å². The zero-order chi connectivity index (χ0) is 15.6. The molecule has 0 aromatic rings. The summed E-state index contributed by atoms with van der Waals surface area (Å²) in [5, 5.41) is 0. The number of rotatable bonds is 12. The van der Waals surface area contributed by atoms with Crippen LogP contribution in [0.1, 0.15) is 111 Å². The number of hydrogen-bond acceptors (Lipinski definition) is 1. The maximum absolute atomic E-state index is 6.19. The van der Waals surface area contributed by atoms with E-state index in [9.17, 15) is 0 Å². The molecule has 2 N–H and O–H groups in total. The fourth-order valence-corrected chi connectivity index (χ4v) is 4.27. The predicted molar refractivity (Wildman–Crippen MR) is 95.6 cm³/mol. The second kappa shape index (κ2) is 10.6. The minimum Gasteiger partial charge on any atom is -0.328 e. The van der Waals surface area contributed by atoms with Gasteiger partial charge < -0.3 is 5.73 Å². The van der Waals surface area contributed by atoms with Crippen molar-refractivity contribution in [2.45, 2.75) is 117 Å². The molecule has 1 nitrogen and oxygen atoms in total. The summed E-state index contributed by atoms with van der Waals surface area (Å²) in [6.07, 6.45) is 19.6. The second-order valence-corrected chi connectivity index (χ2v) is 7.90. The van der Waals surface area contributed by atoms with Crippen LogP contribution in [-0.4, -0.2) is 6.04 Å². The molecule has 0 amide bonds. The van der Waals surface area contributed by atoms with Crippen LogP contribution in [0.15, 0.2) is 0 Å². The Morgan fingerprint density at radius 1 is 0.810 bits per heavy atom. The molecule has 1 aliphatic rings. The van der Waals surface area contributed by atoms with Crippen molar-refractivity contribution in [2.24, 2.45) is 17.1 Å². The predicted octanol–water partition coefficient (Wildman–Crippen LogP) is 6.45. The van der Waals surface area contributed by atoms with Crippen molar-refractivity contribution in [1.29, 1.82) is 0 Å². The lowest BCUT2D eigenvalue weighted by atomic mass is 9.69. The van der Waals surface area contributed by atoms with Crippen LogP contribution >= 0.6 is 0 Å². The molecule has 1 unspecified atom stereocenters. The molecule has 1 rings (SSSR count). The van der Waals surface area contributed by atoms with Gasteiger partial charge in [-0.1, -0.05) is 78.6 Å². The average Bonchev–Trinajstić information content (AvgIpc) is 2.91. The minimum atomic E-state index is 0.491. The summed E-state index contributed by atoms with van der Waals surface area (Å²) in [6, 6.07) is 0.491. The highest BCUT2D eigenvalue weighted by Crippen LogP contribution is 2.46. The summed E-state index contributed by atoms with van der Waals surface area (Å²) in [4.78, 5) is 0. The molecule has 1 heteroatoms. The van der Waals surface area contributed by atoms with E-state index in [1.165, 1.54) is 89.9 Å². The lowest BCUT2D eigenvalue weighted by Crippen LogP contribution is -2.27. The zero-order valence-electron chi connectivity index (χ0n) is 15.1. The van der Waals surface area contributed by atoms with Crippen LogP contribution in [0.2, 0.25) is 0 Å². The van der Waals surface area contributed by atoms with Gasteiger partial charge in [0.15, 0.2) is 0 Å². The standard InChI is InChI=1S/C20H41N/c1-4-6-8-10-12-16-20(3,15-11-9-7-5-2)18-13-14-19(21)17-18/h18-19H,4-17,21H2,1-3H3/t18?,19-,20-/m0/s1. The molecule has 1 fully saturated rings. The molecule has 21 heavy (non-hydrogen) atoms. The molecule has 0 aromatic carbocycles. The molecule has 0 aliphatic heterocycles. The Bertz CT molecular complexity index is 250. The monoisotopic (exact) mass is 295 g/mol. The lowest BCUT2D eigenvalue weighted by Gasteiger charge is -2.36. The Balaban J connectivity index is 2.40. The van der Waals surface area contributed by atoms with Crippen LogP contribution in [0.4, 0.5) is 0 Å². The van der Waals surface area contributed by atoms with E-state index in [1.54, 1.807) is 0 Å². The number of hydrogen-bond donors (Lipinski definition) is 1. The number of unbranched alkanes of at least 4 members (excludes halogenated alkanes) is 7. The maximum atomic E-state index is 6.19. The summed E-state index contributed by atoms with van der Waals surface area (Å²) in [5.41, 5.74) is 6.77. The van der Waals surface area contributed by atoms with Crippen molar-refractivity contribution in [3.05, 3.63) is 0 Å². The SMILES string of the molecule is CCCCCCC[C@](C)(CCCCCC)C1CC[C@H](N)C1. The van der Waals surface area contributed by atoms with Gasteiger partial charge in [0.2, 0.25) is 0 Å². The molecule has 0 saturated heterocycles. The second-order valence-electron chi connectivity index (χ2n) is 7.90. The Morgan fingerprint density at radius 2 is 1.33 bits per heavy atom. The van der Waals surface area contributed by atoms with E-state index in [2.05, 4.69) is 20.8 Å². The molecular formula is C20H41N. The van der Waals surface area contributed by atoms with Crippen molar-refractivity contribution in [1.82, 2.24) is 0 Å². The van der Waals surface area contributed by atoms with Crippen LogP contribution in [0.25, 0.3) is 0 Å². The van der Waals surface area contributed by atoms with Gasteiger partial charge in [-0.3, -0.25) is 0 Å². The third kappa shape index (κ3) is 7.17. The summed E-state index contributed by atoms with van der Waals surface area (Å²) in [5.74, 6) is 0.903. The van der Waals surface area contributed by atoms with Crippen molar-refractivity contribution in [3.63, 3.8) is 0 Å². The van der Waals surface area contributed by atoms with Crippen LogP contribution < -0.4 is 5.73 Å². The summed E-state index contributed by atoms with van der Waals surface area (Å²) in [7, 11) is 0. The van der Waals surface area contributed by atoms with Crippen LogP contribution in [0.5, 0.6) is 0 Å². The van der Waals surface area contributed by atoms with E-state index in [4.69, 9.17) is 5.73 Å². The molecular weight excluding hydrogens is 254 g/mol. The molecule has 0 heterocycles. The Morgan fingerprint density at radius 3 is 1.81 bits per heavy atom. The largest absolute Gasteiger partial charge is 0.328 e. The minimum absolute atomic E-state index is 0.491. The fourth-order valence-electron chi connectivity index (χ4n) is 4.27. The number of nitrogens with two attached hydrogens (primary N) is 1. The molecule has 126 valence electrons. The lowest BCUT2D eigenvalue weighted by molar-refractivity contribution is 0.144. The summed E-state index contributed by atoms with van der Waals surface area (Å²) < 4.78 is 0. The van der Waals surface area contributed by atoms with Crippen LogP contribution in [0, 0.1) is 11.3 Å². The first-order chi connectivity index (χ1) is 10.1. The van der Waals surface area contributed by atoms with Gasteiger partial charge in [-0.15, -0.1) is 0 Å². The Labute approximate surface area is 134 Å². The molecule has 0 bridgehead atoms. The third-order valence-electron chi connectivity index (χ3n) is 5.91. The fraction of sp³-hybridized carbons (Fsp3) is 1.00. The third-order valence-corrected chi connectivity index (χ3v) is 5.91. The van der Waals surface area contributed by atoms with E-state index in [0.717, 1.165) is 5.92 Å². The summed E-state index contributed by atoms with van der Waals surface area (Å²) in [6.45, 7) is 7.20. The Kier molecular flexibility index (Phi) is 9.64. The van der Waals surface area contributed by atoms with Gasteiger partial charge in [-0.05, 0) is 43.4 Å². The van der Waals surface area contributed by atoms with Crippen molar-refractivity contribution in [3.8, 4) is 0 Å². The highest BCUT2D eigenvalue weighted by atomic mass is 14.7. The highest BCUT2D eigenvalue weighted by Gasteiger charge is 2.37. The smallest absolute Gasteiger partial charge is 0.00417 e. The van der Waals surface area contributed by atoms with Crippen LogP contribution in [0.3, 0.4) is 0 Å². The highest BCUT2D eigenvalue weighted by molar-refractivity contribution is 4.90. The first kappa shape index (κ1) is 19.0. The average molecular weight is 296 g/mol. The van der Waals surface area contributed by atoms with E-state index in [-0.39, 0.29) is 0 Å². The maximum Gasteiger partial charge on any atom is 0.00417 e. The molecule has 1 saturated carbocycles.